The Labute approximate surface area is 148 Å². The zero-order chi connectivity index (χ0) is 14.5. The van der Waals surface area contributed by atoms with Gasteiger partial charge in [0, 0.05) is 44.3 Å². The molecule has 0 fully saturated rings. The molecule has 1 N–H and O–H groups in total. The molecule has 1 radical (unpaired) electrons. The van der Waals surface area contributed by atoms with E-state index >= 15 is 0 Å². The van der Waals surface area contributed by atoms with Gasteiger partial charge in [-0.15, -0.1) is 24.3 Å². The summed E-state index contributed by atoms with van der Waals surface area (Å²) in [7, 11) is 0. The first-order chi connectivity index (χ1) is 9.60. The zero-order valence-electron chi connectivity index (χ0n) is 11.4. The minimum atomic E-state index is -2.48. The van der Waals surface area contributed by atoms with E-state index in [9.17, 15) is 8.78 Å². The normalized spacial score (nSPS) is 17.3. The third-order valence-electron chi connectivity index (χ3n) is 2.91. The molecular weight excluding hydrogens is 349 g/mol. The van der Waals surface area contributed by atoms with Crippen molar-refractivity contribution in [1.29, 1.82) is 0 Å². The minimum Gasteiger partial charge on any atom is -0.488 e. The van der Waals surface area contributed by atoms with Gasteiger partial charge in [-0.25, -0.2) is 14.9 Å². The minimum absolute atomic E-state index is 0. The number of hydrogen-bond donors (Lipinski definition) is 1. The van der Waals surface area contributed by atoms with Gasteiger partial charge in [-0.3, -0.25) is 0 Å². The smallest absolute Gasteiger partial charge is 0.272 e. The molecule has 1 aromatic carbocycles. The number of benzene rings is 1. The standard InChI is InChI=1S/C16H14F2NO.Y/c1-3-12-6-9-15(19-11(12)2)13-4-7-14(8-5-13)20-10-16(17)18;/h1,4-5,7-8,12,16,19H,2,6,10H2;/q-1;. The molecule has 2 rings (SSSR count). The second-order valence-corrected chi connectivity index (χ2v) is 4.35. The van der Waals surface area contributed by atoms with Gasteiger partial charge in [0.05, 0.1) is 0 Å². The van der Waals surface area contributed by atoms with Crippen LogP contribution in [0.15, 0.2) is 36.5 Å². The van der Waals surface area contributed by atoms with Crippen molar-refractivity contribution in [3.05, 3.63) is 48.2 Å². The molecular formula is C16H14F2NOY-. The van der Waals surface area contributed by atoms with Crippen molar-refractivity contribution < 1.29 is 46.2 Å². The molecule has 1 atom stereocenters. The van der Waals surface area contributed by atoms with Gasteiger partial charge in [0.1, 0.15) is 12.4 Å². The molecule has 107 valence electrons. The Morgan fingerprint density at radius 1 is 1.43 bits per heavy atom. The molecule has 0 amide bonds. The first kappa shape index (κ1) is 17.9. The maximum Gasteiger partial charge on any atom is 0.272 e. The topological polar surface area (TPSA) is 21.3 Å². The van der Waals surface area contributed by atoms with E-state index in [-0.39, 0.29) is 38.6 Å². The Morgan fingerprint density at radius 3 is 2.62 bits per heavy atom. The van der Waals surface area contributed by atoms with E-state index in [4.69, 9.17) is 11.2 Å². The van der Waals surface area contributed by atoms with Gasteiger partial charge in [-0.05, 0) is 12.1 Å². The molecule has 21 heavy (non-hydrogen) atoms. The summed E-state index contributed by atoms with van der Waals surface area (Å²) in [4.78, 5) is 0. The quantitative estimate of drug-likeness (QED) is 0.655. The van der Waals surface area contributed by atoms with E-state index in [1.807, 2.05) is 0 Å². The average Bonchev–Trinajstić information content (AvgIpc) is 2.45. The van der Waals surface area contributed by atoms with Gasteiger partial charge in [-0.2, -0.15) is 5.56 Å². The van der Waals surface area contributed by atoms with Crippen LogP contribution in [0.4, 0.5) is 8.78 Å². The third-order valence-corrected chi connectivity index (χ3v) is 2.91. The fraction of sp³-hybridized carbons (Fsp3) is 0.250. The molecule has 2 nitrogen and oxygen atoms in total. The fourth-order valence-corrected chi connectivity index (χ4v) is 1.83. The Balaban J connectivity index is 0.00000220. The van der Waals surface area contributed by atoms with Gasteiger partial charge >= 0.3 is 0 Å². The molecule has 1 aliphatic rings. The maximum atomic E-state index is 12.0. The predicted octanol–water partition coefficient (Wildman–Crippen LogP) is 3.23. The van der Waals surface area contributed by atoms with Crippen molar-refractivity contribution in [3.8, 4) is 18.1 Å². The summed E-state index contributed by atoms with van der Waals surface area (Å²) in [5.74, 6) is 2.99. The monoisotopic (exact) mass is 363 g/mol. The van der Waals surface area contributed by atoms with Gasteiger partial charge in [-0.1, -0.05) is 18.9 Å². The van der Waals surface area contributed by atoms with Crippen molar-refractivity contribution in [1.82, 2.24) is 5.32 Å². The molecule has 0 aromatic heterocycles. The summed E-state index contributed by atoms with van der Waals surface area (Å²) in [6, 6.07) is 6.84. The number of terminal acetylenes is 1. The van der Waals surface area contributed by atoms with Crippen molar-refractivity contribution in [2.24, 2.45) is 5.92 Å². The number of nitrogens with one attached hydrogen (secondary N) is 1. The number of alkyl halides is 2. The van der Waals surface area contributed by atoms with E-state index < -0.39 is 13.0 Å². The Kier molecular flexibility index (Phi) is 7.07. The molecule has 5 heteroatoms. The van der Waals surface area contributed by atoms with Gasteiger partial charge in [0.15, 0.2) is 0 Å². The summed E-state index contributed by atoms with van der Waals surface area (Å²) < 4.78 is 29.0. The summed E-state index contributed by atoms with van der Waals surface area (Å²) in [5.41, 5.74) is 2.44. The number of hydrogen-bond acceptors (Lipinski definition) is 2. The van der Waals surface area contributed by atoms with Crippen molar-refractivity contribution in [3.63, 3.8) is 0 Å². The Morgan fingerprint density at radius 2 is 2.10 bits per heavy atom. The summed E-state index contributed by atoms with van der Waals surface area (Å²) in [6.07, 6.45) is 6.69. The van der Waals surface area contributed by atoms with Crippen LogP contribution in [0.5, 0.6) is 5.75 Å². The van der Waals surface area contributed by atoms with E-state index in [1.165, 1.54) is 0 Å². The Hall–Kier alpha value is -1.18. The first-order valence-electron chi connectivity index (χ1n) is 6.14. The zero-order valence-corrected chi connectivity index (χ0v) is 14.2. The number of halogens is 2. The van der Waals surface area contributed by atoms with Crippen LogP contribution in [-0.4, -0.2) is 13.0 Å². The number of allylic oxidation sites excluding steroid dienone is 2. The second kappa shape index (κ2) is 8.31. The van der Waals surface area contributed by atoms with Gasteiger partial charge in [0.25, 0.3) is 6.43 Å². The van der Waals surface area contributed by atoms with Crippen LogP contribution in [0, 0.1) is 24.3 Å². The van der Waals surface area contributed by atoms with Crippen LogP contribution in [0.25, 0.3) is 5.70 Å². The van der Waals surface area contributed by atoms with E-state index in [2.05, 4.69) is 23.9 Å². The van der Waals surface area contributed by atoms with E-state index in [0.717, 1.165) is 17.0 Å². The number of ether oxygens (including phenoxy) is 1. The third kappa shape index (κ3) is 4.95. The van der Waals surface area contributed by atoms with E-state index in [0.29, 0.717) is 12.2 Å². The van der Waals surface area contributed by atoms with Gasteiger partial charge in [0.2, 0.25) is 0 Å². The maximum absolute atomic E-state index is 12.0. The first-order valence-corrected chi connectivity index (χ1v) is 6.14. The Bertz CT molecular complexity index is 561. The second-order valence-electron chi connectivity index (χ2n) is 4.35. The molecule has 0 saturated heterocycles. The van der Waals surface area contributed by atoms with Crippen LogP contribution in [-0.2, 0) is 32.7 Å². The van der Waals surface area contributed by atoms with Crippen LogP contribution < -0.4 is 10.1 Å². The molecule has 1 heterocycles. The van der Waals surface area contributed by atoms with Crippen LogP contribution >= 0.6 is 0 Å². The molecule has 0 saturated carbocycles. The summed E-state index contributed by atoms with van der Waals surface area (Å²) >= 11 is 0. The number of rotatable bonds is 4. The van der Waals surface area contributed by atoms with Crippen molar-refractivity contribution >= 4 is 5.70 Å². The fourth-order valence-electron chi connectivity index (χ4n) is 1.83. The molecule has 0 bridgehead atoms. The average molecular weight is 363 g/mol. The van der Waals surface area contributed by atoms with Crippen LogP contribution in [0.3, 0.4) is 0 Å². The summed E-state index contributed by atoms with van der Waals surface area (Å²) in [6.45, 7) is 3.28. The van der Waals surface area contributed by atoms with E-state index in [1.54, 1.807) is 24.3 Å². The van der Waals surface area contributed by atoms with Gasteiger partial charge < -0.3 is 10.1 Å². The largest absolute Gasteiger partial charge is 0.488 e. The molecule has 0 aliphatic carbocycles. The van der Waals surface area contributed by atoms with Crippen molar-refractivity contribution in [2.45, 2.75) is 12.8 Å². The molecule has 1 aliphatic heterocycles. The molecule has 1 aromatic rings. The van der Waals surface area contributed by atoms with Crippen molar-refractivity contribution in [2.75, 3.05) is 6.61 Å². The predicted molar refractivity (Wildman–Crippen MR) is 73.8 cm³/mol. The SMILES string of the molecule is C#CC1C[C-]=C(c2ccc(OCC(F)F)cc2)NC1=C.[Y]. The van der Waals surface area contributed by atoms with Crippen LogP contribution in [0.2, 0.25) is 0 Å². The van der Waals surface area contributed by atoms with Crippen LogP contribution in [0.1, 0.15) is 12.0 Å². The molecule has 0 spiro atoms. The molecule has 1 unspecified atom stereocenters. The summed E-state index contributed by atoms with van der Waals surface area (Å²) in [5, 5.41) is 3.11.